The Hall–Kier alpha value is -0.810. The maximum atomic E-state index is 11.6. The average Bonchev–Trinajstić information content (AvgIpc) is 2.34. The van der Waals surface area contributed by atoms with E-state index in [1.165, 1.54) is 7.11 Å². The number of rotatable bonds is 4. The molecule has 0 aromatic heterocycles. The molecular weight excluding hydrogens is 232 g/mol. The van der Waals surface area contributed by atoms with Gasteiger partial charge in [-0.05, 0) is 25.8 Å². The van der Waals surface area contributed by atoms with Crippen molar-refractivity contribution in [3.63, 3.8) is 0 Å². The van der Waals surface area contributed by atoms with Gasteiger partial charge in [-0.25, -0.2) is 4.79 Å². The largest absolute Gasteiger partial charge is 0.453 e. The minimum Gasteiger partial charge on any atom is -0.453 e. The summed E-state index contributed by atoms with van der Waals surface area (Å²) in [4.78, 5) is 13.3. The number of aliphatic hydroxyl groups is 1. The first-order chi connectivity index (χ1) is 8.43. The SMILES string of the molecule is COC(=O)N1CC(NCC(C)C)CC(C(C)O)C1. The smallest absolute Gasteiger partial charge is 0.409 e. The van der Waals surface area contributed by atoms with Crippen LogP contribution >= 0.6 is 0 Å². The van der Waals surface area contributed by atoms with Gasteiger partial charge in [0.15, 0.2) is 0 Å². The third-order valence-corrected chi connectivity index (χ3v) is 3.41. The zero-order valence-electron chi connectivity index (χ0n) is 11.8. The molecule has 1 rings (SSSR count). The molecule has 1 aliphatic rings. The Bertz CT molecular complexity index is 269. The minimum absolute atomic E-state index is 0.113. The number of methoxy groups -OCH3 is 1. The Balaban J connectivity index is 2.59. The van der Waals surface area contributed by atoms with Gasteiger partial charge in [-0.15, -0.1) is 0 Å². The predicted octanol–water partition coefficient (Wildman–Crippen LogP) is 1.07. The van der Waals surface area contributed by atoms with Crippen LogP contribution < -0.4 is 5.32 Å². The van der Waals surface area contributed by atoms with Crippen LogP contribution in [0.15, 0.2) is 0 Å². The van der Waals surface area contributed by atoms with Gasteiger partial charge < -0.3 is 20.1 Å². The first-order valence-electron chi connectivity index (χ1n) is 6.68. The van der Waals surface area contributed by atoms with E-state index in [1.807, 2.05) is 0 Å². The number of ether oxygens (including phenoxy) is 1. The van der Waals surface area contributed by atoms with Gasteiger partial charge in [-0.2, -0.15) is 0 Å². The summed E-state index contributed by atoms with van der Waals surface area (Å²) in [7, 11) is 1.39. The van der Waals surface area contributed by atoms with E-state index in [0.717, 1.165) is 13.0 Å². The Morgan fingerprint density at radius 3 is 2.61 bits per heavy atom. The molecule has 3 atom stereocenters. The molecule has 18 heavy (non-hydrogen) atoms. The number of carbonyl (C=O) groups excluding carboxylic acids is 1. The second-order valence-corrected chi connectivity index (χ2v) is 5.61. The van der Waals surface area contributed by atoms with Gasteiger partial charge >= 0.3 is 6.09 Å². The topological polar surface area (TPSA) is 61.8 Å². The third-order valence-electron chi connectivity index (χ3n) is 3.41. The molecule has 0 saturated carbocycles. The van der Waals surface area contributed by atoms with Gasteiger partial charge in [0.2, 0.25) is 0 Å². The van der Waals surface area contributed by atoms with Crippen molar-refractivity contribution < 1.29 is 14.6 Å². The summed E-state index contributed by atoms with van der Waals surface area (Å²) in [6, 6.07) is 0.236. The lowest BCUT2D eigenvalue weighted by Crippen LogP contribution is -2.53. The van der Waals surface area contributed by atoms with Crippen LogP contribution in [0.2, 0.25) is 0 Å². The van der Waals surface area contributed by atoms with Crippen molar-refractivity contribution >= 4 is 6.09 Å². The van der Waals surface area contributed by atoms with Gasteiger partial charge in [0.25, 0.3) is 0 Å². The number of hydrogen-bond donors (Lipinski definition) is 2. The Kier molecular flexibility index (Phi) is 5.88. The molecule has 0 spiro atoms. The molecule has 1 aliphatic heterocycles. The van der Waals surface area contributed by atoms with Crippen molar-refractivity contribution in [1.29, 1.82) is 0 Å². The van der Waals surface area contributed by atoms with E-state index in [-0.39, 0.29) is 18.1 Å². The maximum Gasteiger partial charge on any atom is 0.409 e. The fourth-order valence-electron chi connectivity index (χ4n) is 2.32. The van der Waals surface area contributed by atoms with E-state index in [0.29, 0.717) is 19.0 Å². The molecule has 106 valence electrons. The summed E-state index contributed by atoms with van der Waals surface area (Å²) < 4.78 is 4.77. The molecule has 2 N–H and O–H groups in total. The van der Waals surface area contributed by atoms with E-state index in [4.69, 9.17) is 4.74 Å². The lowest BCUT2D eigenvalue weighted by molar-refractivity contribution is 0.0423. The van der Waals surface area contributed by atoms with E-state index < -0.39 is 6.10 Å². The number of hydrogen-bond acceptors (Lipinski definition) is 4. The quantitative estimate of drug-likeness (QED) is 0.792. The summed E-state index contributed by atoms with van der Waals surface area (Å²) in [5, 5.41) is 13.2. The predicted molar refractivity (Wildman–Crippen MR) is 70.4 cm³/mol. The molecule has 1 amide bonds. The number of likely N-dealkylation sites (tertiary alicyclic amines) is 1. The zero-order chi connectivity index (χ0) is 13.7. The first kappa shape index (κ1) is 15.2. The maximum absolute atomic E-state index is 11.6. The molecule has 1 saturated heterocycles. The highest BCUT2D eigenvalue weighted by Crippen LogP contribution is 2.21. The van der Waals surface area contributed by atoms with Crippen LogP contribution in [0.5, 0.6) is 0 Å². The van der Waals surface area contributed by atoms with E-state index in [2.05, 4.69) is 19.2 Å². The lowest BCUT2D eigenvalue weighted by atomic mass is 9.90. The summed E-state index contributed by atoms with van der Waals surface area (Å²) in [5.74, 6) is 0.686. The van der Waals surface area contributed by atoms with Crippen LogP contribution in [0.1, 0.15) is 27.2 Å². The van der Waals surface area contributed by atoms with Gasteiger partial charge in [-0.1, -0.05) is 13.8 Å². The number of nitrogens with zero attached hydrogens (tertiary/aromatic N) is 1. The molecule has 0 radical (unpaired) electrons. The molecule has 5 nitrogen and oxygen atoms in total. The van der Waals surface area contributed by atoms with Crippen LogP contribution in [0, 0.1) is 11.8 Å². The van der Waals surface area contributed by atoms with E-state index >= 15 is 0 Å². The lowest BCUT2D eigenvalue weighted by Gasteiger charge is -2.38. The van der Waals surface area contributed by atoms with Crippen molar-refractivity contribution in [1.82, 2.24) is 10.2 Å². The molecule has 0 aromatic carbocycles. The fraction of sp³-hybridized carbons (Fsp3) is 0.923. The van der Waals surface area contributed by atoms with Crippen LogP contribution in [-0.2, 0) is 4.74 Å². The van der Waals surface area contributed by atoms with Crippen LogP contribution in [0.3, 0.4) is 0 Å². The van der Waals surface area contributed by atoms with Crippen molar-refractivity contribution in [3.05, 3.63) is 0 Å². The first-order valence-corrected chi connectivity index (χ1v) is 6.68. The molecular formula is C13H26N2O3. The zero-order valence-corrected chi connectivity index (χ0v) is 11.8. The van der Waals surface area contributed by atoms with Crippen molar-refractivity contribution in [2.24, 2.45) is 11.8 Å². The molecule has 5 heteroatoms. The van der Waals surface area contributed by atoms with Gasteiger partial charge in [0.1, 0.15) is 0 Å². The third kappa shape index (κ3) is 4.46. The molecule has 1 heterocycles. The Morgan fingerprint density at radius 1 is 1.44 bits per heavy atom. The summed E-state index contributed by atoms with van der Waals surface area (Å²) in [6.45, 7) is 8.24. The molecule has 0 bridgehead atoms. The van der Waals surface area contributed by atoms with Crippen LogP contribution in [0.25, 0.3) is 0 Å². The number of piperidine rings is 1. The molecule has 0 aliphatic carbocycles. The second kappa shape index (κ2) is 6.95. The monoisotopic (exact) mass is 258 g/mol. The summed E-state index contributed by atoms with van der Waals surface area (Å²) in [6.07, 6.45) is 0.190. The molecule has 1 fully saturated rings. The van der Waals surface area contributed by atoms with Gasteiger partial charge in [-0.3, -0.25) is 0 Å². The molecule has 3 unspecified atom stereocenters. The van der Waals surface area contributed by atoms with Gasteiger partial charge in [0, 0.05) is 25.0 Å². The molecule has 0 aromatic rings. The average molecular weight is 258 g/mol. The van der Waals surface area contributed by atoms with Crippen LogP contribution in [0.4, 0.5) is 4.79 Å². The number of aliphatic hydroxyl groups excluding tert-OH is 1. The van der Waals surface area contributed by atoms with E-state index in [9.17, 15) is 9.90 Å². The highest BCUT2D eigenvalue weighted by Gasteiger charge is 2.32. The normalized spacial score (nSPS) is 26.2. The fourth-order valence-corrected chi connectivity index (χ4v) is 2.32. The number of nitrogens with one attached hydrogen (secondary N) is 1. The van der Waals surface area contributed by atoms with Gasteiger partial charge in [0.05, 0.1) is 13.2 Å². The highest BCUT2D eigenvalue weighted by atomic mass is 16.5. The van der Waals surface area contributed by atoms with Crippen molar-refractivity contribution in [3.8, 4) is 0 Å². The highest BCUT2D eigenvalue weighted by molar-refractivity contribution is 5.67. The summed E-state index contributed by atoms with van der Waals surface area (Å²) >= 11 is 0. The Morgan fingerprint density at radius 2 is 2.11 bits per heavy atom. The van der Waals surface area contributed by atoms with Crippen LogP contribution in [-0.4, -0.2) is 55.0 Å². The Labute approximate surface area is 109 Å². The number of carbonyl (C=O) groups is 1. The minimum atomic E-state index is -0.402. The standard InChI is InChI=1S/C13H26N2O3/c1-9(2)6-14-12-5-11(10(3)16)7-15(8-12)13(17)18-4/h9-12,14,16H,5-8H2,1-4H3. The summed E-state index contributed by atoms with van der Waals surface area (Å²) in [5.41, 5.74) is 0. The van der Waals surface area contributed by atoms with Crippen molar-refractivity contribution in [2.45, 2.75) is 39.3 Å². The second-order valence-electron chi connectivity index (χ2n) is 5.61. The number of amides is 1. The van der Waals surface area contributed by atoms with Crippen molar-refractivity contribution in [2.75, 3.05) is 26.7 Å². The van der Waals surface area contributed by atoms with E-state index in [1.54, 1.807) is 11.8 Å².